The van der Waals surface area contributed by atoms with Gasteiger partial charge in [-0.15, -0.1) is 0 Å². The highest BCUT2D eigenvalue weighted by molar-refractivity contribution is 5.97. The molecule has 0 unspecified atom stereocenters. The number of hydrogen-bond donors (Lipinski definition) is 1. The standard InChI is InChI=1S/C28H30N4O6/c33-26(17-3-4-23-24(10-17)38-28(35)30-23)31-12-19-14-32(15-20(19)13-31)27(34)18-9-22(16-1-2-16)25(29-11-18)37-21-5-7-36-8-6-21/h3-4,9-11,16,19-21H,1-2,5-8,12-15H2,(H,30,35)/t19-,20-/m1/s1. The van der Waals surface area contributed by atoms with Crippen molar-refractivity contribution in [2.24, 2.45) is 11.8 Å². The number of nitrogens with one attached hydrogen (secondary N) is 1. The summed E-state index contributed by atoms with van der Waals surface area (Å²) in [5, 5.41) is 0. The molecule has 2 amide bonds. The largest absolute Gasteiger partial charge is 0.474 e. The van der Waals surface area contributed by atoms with Gasteiger partial charge in [-0.05, 0) is 43.0 Å². The van der Waals surface area contributed by atoms with E-state index in [1.807, 2.05) is 15.9 Å². The molecule has 0 spiro atoms. The second kappa shape index (κ2) is 9.27. The highest BCUT2D eigenvalue weighted by Crippen LogP contribution is 2.44. The van der Waals surface area contributed by atoms with Crippen LogP contribution in [0.3, 0.4) is 0 Å². The Kier molecular flexibility index (Phi) is 5.72. The van der Waals surface area contributed by atoms with E-state index < -0.39 is 5.76 Å². The van der Waals surface area contributed by atoms with Gasteiger partial charge in [0.15, 0.2) is 5.58 Å². The van der Waals surface area contributed by atoms with Crippen molar-refractivity contribution in [3.63, 3.8) is 0 Å². The summed E-state index contributed by atoms with van der Waals surface area (Å²) in [5.41, 5.74) is 3.10. The van der Waals surface area contributed by atoms with Crippen LogP contribution in [-0.2, 0) is 4.74 Å². The van der Waals surface area contributed by atoms with Crippen molar-refractivity contribution in [3.05, 3.63) is 57.7 Å². The summed E-state index contributed by atoms with van der Waals surface area (Å²) < 4.78 is 16.8. The number of hydrogen-bond acceptors (Lipinski definition) is 7. The van der Waals surface area contributed by atoms with E-state index >= 15 is 0 Å². The topological polar surface area (TPSA) is 118 Å². The summed E-state index contributed by atoms with van der Waals surface area (Å²) in [6.45, 7) is 3.87. The van der Waals surface area contributed by atoms with Gasteiger partial charge in [0.05, 0.1) is 24.3 Å². The Labute approximate surface area is 218 Å². The highest BCUT2D eigenvalue weighted by atomic mass is 16.5. The fraction of sp³-hybridized carbons (Fsp3) is 0.500. The SMILES string of the molecule is O=C(c1cnc(OC2CCOCC2)c(C2CC2)c1)N1C[C@H]2CN(C(=O)c3ccc4[nH]c(=O)oc4c3)C[C@@H]2C1. The number of pyridine rings is 1. The van der Waals surface area contributed by atoms with E-state index in [0.717, 1.165) is 31.2 Å². The first kappa shape index (κ1) is 23.5. The third-order valence-corrected chi connectivity index (χ3v) is 8.32. The van der Waals surface area contributed by atoms with Crippen LogP contribution in [0.2, 0.25) is 0 Å². The van der Waals surface area contributed by atoms with Gasteiger partial charge in [0.25, 0.3) is 11.8 Å². The minimum atomic E-state index is -0.536. The number of aromatic nitrogens is 2. The molecule has 3 aromatic rings. The number of amides is 2. The van der Waals surface area contributed by atoms with Crippen molar-refractivity contribution < 1.29 is 23.5 Å². The van der Waals surface area contributed by atoms with Crippen LogP contribution in [0.15, 0.2) is 39.7 Å². The van der Waals surface area contributed by atoms with Crippen LogP contribution in [0, 0.1) is 11.8 Å². The van der Waals surface area contributed by atoms with Crippen LogP contribution in [0.5, 0.6) is 5.88 Å². The lowest BCUT2D eigenvalue weighted by Crippen LogP contribution is -2.35. The summed E-state index contributed by atoms with van der Waals surface area (Å²) in [7, 11) is 0. The minimum Gasteiger partial charge on any atom is -0.474 e. The van der Waals surface area contributed by atoms with Crippen molar-refractivity contribution in [2.45, 2.75) is 37.7 Å². The third-order valence-electron chi connectivity index (χ3n) is 8.32. The summed E-state index contributed by atoms with van der Waals surface area (Å²) in [6, 6.07) is 7.00. The number of likely N-dealkylation sites (tertiary alicyclic amines) is 2. The fourth-order valence-corrected chi connectivity index (χ4v) is 6.09. The van der Waals surface area contributed by atoms with Gasteiger partial charge in [0.2, 0.25) is 5.88 Å². The predicted molar refractivity (Wildman–Crippen MR) is 136 cm³/mol. The zero-order chi connectivity index (χ0) is 25.8. The molecule has 1 N–H and O–H groups in total. The van der Waals surface area contributed by atoms with Crippen molar-refractivity contribution in [1.29, 1.82) is 0 Å². The van der Waals surface area contributed by atoms with Crippen molar-refractivity contribution in [1.82, 2.24) is 19.8 Å². The van der Waals surface area contributed by atoms with Crippen LogP contribution in [0.1, 0.15) is 57.9 Å². The Morgan fingerprint density at radius 3 is 2.29 bits per heavy atom. The van der Waals surface area contributed by atoms with Crippen LogP contribution >= 0.6 is 0 Å². The molecule has 38 heavy (non-hydrogen) atoms. The average molecular weight is 519 g/mol. The maximum atomic E-state index is 13.4. The zero-order valence-corrected chi connectivity index (χ0v) is 21.1. The number of ether oxygens (including phenoxy) is 2. The number of fused-ring (bicyclic) bond motifs is 2. The smallest absolute Gasteiger partial charge is 0.417 e. The maximum absolute atomic E-state index is 13.4. The molecule has 198 valence electrons. The molecule has 0 bridgehead atoms. The van der Waals surface area contributed by atoms with Crippen LogP contribution in [-0.4, -0.2) is 77.1 Å². The van der Waals surface area contributed by atoms with Crippen LogP contribution in [0.4, 0.5) is 0 Å². The first-order valence-corrected chi connectivity index (χ1v) is 13.5. The Morgan fingerprint density at radius 1 is 0.921 bits per heavy atom. The van der Waals surface area contributed by atoms with E-state index in [1.165, 1.54) is 0 Å². The van der Waals surface area contributed by atoms with E-state index in [-0.39, 0.29) is 29.8 Å². The second-order valence-corrected chi connectivity index (χ2v) is 11.0. The van der Waals surface area contributed by atoms with Crippen molar-refractivity contribution in [3.8, 4) is 5.88 Å². The number of rotatable bonds is 5. The molecule has 3 aliphatic heterocycles. The monoisotopic (exact) mass is 518 g/mol. The van der Waals surface area contributed by atoms with E-state index in [2.05, 4.69) is 9.97 Å². The molecule has 5 heterocycles. The number of aromatic amines is 1. The summed E-state index contributed by atoms with van der Waals surface area (Å²) in [4.78, 5) is 49.0. The molecule has 1 aromatic carbocycles. The Hall–Kier alpha value is -3.66. The normalized spacial score (nSPS) is 23.7. The Bertz CT molecular complexity index is 1440. The number of oxazole rings is 1. The zero-order valence-electron chi connectivity index (χ0n) is 21.1. The van der Waals surface area contributed by atoms with Crippen LogP contribution < -0.4 is 10.5 Å². The molecule has 1 saturated carbocycles. The number of nitrogens with zero attached hydrogens (tertiary/aromatic N) is 3. The van der Waals surface area contributed by atoms with Gasteiger partial charge in [-0.1, -0.05) is 0 Å². The molecule has 1 aliphatic carbocycles. The van der Waals surface area contributed by atoms with E-state index in [4.69, 9.17) is 13.9 Å². The quantitative estimate of drug-likeness (QED) is 0.552. The molecule has 4 fully saturated rings. The maximum Gasteiger partial charge on any atom is 0.417 e. The molecule has 7 rings (SSSR count). The van der Waals surface area contributed by atoms with E-state index in [1.54, 1.807) is 24.4 Å². The molecule has 4 aliphatic rings. The highest BCUT2D eigenvalue weighted by Gasteiger charge is 2.43. The van der Waals surface area contributed by atoms with Gasteiger partial charge in [-0.3, -0.25) is 14.6 Å². The third kappa shape index (κ3) is 4.36. The van der Waals surface area contributed by atoms with Crippen LogP contribution in [0.25, 0.3) is 11.1 Å². The summed E-state index contributed by atoms with van der Waals surface area (Å²) in [5.74, 6) is 0.943. The summed E-state index contributed by atoms with van der Waals surface area (Å²) >= 11 is 0. The molecule has 2 atom stereocenters. The van der Waals surface area contributed by atoms with Crippen molar-refractivity contribution in [2.75, 3.05) is 39.4 Å². The first-order chi connectivity index (χ1) is 18.5. The molecular formula is C28H30N4O6. The molecule has 10 nitrogen and oxygen atoms in total. The molecule has 3 saturated heterocycles. The lowest BCUT2D eigenvalue weighted by atomic mass is 10.0. The number of carbonyl (C=O) groups excluding carboxylic acids is 2. The van der Waals surface area contributed by atoms with Gasteiger partial charge >= 0.3 is 5.76 Å². The average Bonchev–Trinajstić information content (AvgIpc) is 3.41. The molecule has 2 aromatic heterocycles. The van der Waals surface area contributed by atoms with Gasteiger partial charge < -0.3 is 23.7 Å². The predicted octanol–water partition coefficient (Wildman–Crippen LogP) is 2.80. The van der Waals surface area contributed by atoms with Gasteiger partial charge in [-0.2, -0.15) is 0 Å². The lowest BCUT2D eigenvalue weighted by Gasteiger charge is -2.24. The fourth-order valence-electron chi connectivity index (χ4n) is 6.09. The van der Waals surface area contributed by atoms with Crippen molar-refractivity contribution >= 4 is 22.9 Å². The minimum absolute atomic E-state index is 0.00256. The first-order valence-electron chi connectivity index (χ1n) is 13.5. The van der Waals surface area contributed by atoms with Gasteiger partial charge in [0.1, 0.15) is 6.10 Å². The second-order valence-electron chi connectivity index (χ2n) is 11.0. The van der Waals surface area contributed by atoms with E-state index in [0.29, 0.717) is 73.4 Å². The number of benzene rings is 1. The Balaban J connectivity index is 1.01. The van der Waals surface area contributed by atoms with E-state index in [9.17, 15) is 14.4 Å². The van der Waals surface area contributed by atoms with Gasteiger partial charge in [0, 0.05) is 68.2 Å². The molecular weight excluding hydrogens is 488 g/mol. The molecule has 0 radical (unpaired) electrons. The lowest BCUT2D eigenvalue weighted by molar-refractivity contribution is 0.0233. The number of H-pyrrole nitrogens is 1. The Morgan fingerprint density at radius 2 is 1.61 bits per heavy atom. The summed E-state index contributed by atoms with van der Waals surface area (Å²) in [6.07, 6.45) is 5.69. The van der Waals surface area contributed by atoms with Gasteiger partial charge in [-0.25, -0.2) is 9.78 Å². The number of carbonyl (C=O) groups is 2. The molecule has 10 heteroatoms.